The summed E-state index contributed by atoms with van der Waals surface area (Å²) in [4.78, 5) is 29.5. The quantitative estimate of drug-likeness (QED) is 0.540. The fraction of sp³-hybridized carbons (Fsp3) is 0.0833. The van der Waals surface area contributed by atoms with Crippen molar-refractivity contribution < 1.29 is 19.1 Å². The number of benzene rings is 3. The van der Waals surface area contributed by atoms with Gasteiger partial charge in [0.15, 0.2) is 0 Å². The average molecular weight is 417 g/mol. The van der Waals surface area contributed by atoms with Crippen molar-refractivity contribution in [1.82, 2.24) is 0 Å². The van der Waals surface area contributed by atoms with Crippen molar-refractivity contribution in [2.75, 3.05) is 19.1 Å². The van der Waals surface area contributed by atoms with Gasteiger partial charge in [0.25, 0.3) is 11.8 Å². The molecule has 0 unspecified atom stereocenters. The molecular formula is C24H19NO4S. The van der Waals surface area contributed by atoms with Gasteiger partial charge in [0.2, 0.25) is 0 Å². The lowest BCUT2D eigenvalue weighted by molar-refractivity contribution is -0.119. The van der Waals surface area contributed by atoms with Crippen LogP contribution in [0.4, 0.5) is 5.69 Å². The molecule has 0 bridgehead atoms. The molecule has 0 radical (unpaired) electrons. The summed E-state index contributed by atoms with van der Waals surface area (Å²) in [6.45, 7) is 0. The predicted octanol–water partition coefficient (Wildman–Crippen LogP) is 4.78. The molecule has 0 fully saturated rings. The minimum atomic E-state index is -0.410. The minimum absolute atomic E-state index is 0.317. The summed E-state index contributed by atoms with van der Waals surface area (Å²) in [5.74, 6) is 0.179. The number of carbonyl (C=O) groups excluding carboxylic acids is 2. The highest BCUT2D eigenvalue weighted by Crippen LogP contribution is 2.45. The maximum absolute atomic E-state index is 13.6. The van der Waals surface area contributed by atoms with Crippen LogP contribution in [0.15, 0.2) is 88.7 Å². The van der Waals surface area contributed by atoms with Gasteiger partial charge in [0.1, 0.15) is 11.5 Å². The molecule has 2 amide bonds. The Labute approximate surface area is 178 Å². The molecule has 1 aliphatic rings. The van der Waals surface area contributed by atoms with Crippen LogP contribution in [-0.4, -0.2) is 26.0 Å². The van der Waals surface area contributed by atoms with E-state index in [0.29, 0.717) is 33.2 Å². The van der Waals surface area contributed by atoms with Crippen LogP contribution in [0.5, 0.6) is 11.5 Å². The average Bonchev–Trinajstić information content (AvgIpc) is 3.03. The number of anilines is 1. The summed E-state index contributed by atoms with van der Waals surface area (Å²) in [5.41, 5.74) is 1.30. The van der Waals surface area contributed by atoms with Crippen LogP contribution in [-0.2, 0) is 9.59 Å². The first kappa shape index (κ1) is 19.8. The van der Waals surface area contributed by atoms with Crippen LogP contribution >= 0.6 is 11.8 Å². The highest BCUT2D eigenvalue weighted by atomic mass is 32.2. The Morgan fingerprint density at radius 3 is 2.00 bits per heavy atom. The number of thioether (sulfide) groups is 1. The summed E-state index contributed by atoms with van der Waals surface area (Å²) < 4.78 is 10.9. The Morgan fingerprint density at radius 1 is 0.700 bits per heavy atom. The number of amides is 2. The van der Waals surface area contributed by atoms with E-state index in [-0.39, 0.29) is 5.91 Å². The van der Waals surface area contributed by atoms with Gasteiger partial charge in [0, 0.05) is 10.5 Å². The summed E-state index contributed by atoms with van der Waals surface area (Å²) in [7, 11) is 3.06. The lowest BCUT2D eigenvalue weighted by Gasteiger charge is -2.18. The summed E-state index contributed by atoms with van der Waals surface area (Å²) >= 11 is 1.27. The number of rotatable bonds is 6. The van der Waals surface area contributed by atoms with E-state index in [4.69, 9.17) is 9.47 Å². The van der Waals surface area contributed by atoms with E-state index in [9.17, 15) is 9.59 Å². The van der Waals surface area contributed by atoms with Crippen LogP contribution in [0.1, 0.15) is 5.56 Å². The number of ether oxygens (including phenoxy) is 2. The van der Waals surface area contributed by atoms with Crippen LogP contribution in [0.25, 0.3) is 5.57 Å². The highest BCUT2D eigenvalue weighted by molar-refractivity contribution is 8.04. The number of imide groups is 1. The molecule has 6 heteroatoms. The second-order valence-corrected chi connectivity index (χ2v) is 7.52. The molecule has 0 N–H and O–H groups in total. The molecule has 30 heavy (non-hydrogen) atoms. The minimum Gasteiger partial charge on any atom is -0.496 e. The fourth-order valence-corrected chi connectivity index (χ4v) is 4.34. The molecule has 0 saturated carbocycles. The van der Waals surface area contributed by atoms with Crippen molar-refractivity contribution in [3.8, 4) is 11.5 Å². The molecule has 0 saturated heterocycles. The summed E-state index contributed by atoms with van der Waals surface area (Å²) in [6, 6.07) is 23.7. The number of hydrogen-bond acceptors (Lipinski definition) is 5. The van der Waals surface area contributed by atoms with E-state index in [1.165, 1.54) is 23.8 Å². The summed E-state index contributed by atoms with van der Waals surface area (Å²) in [5, 5.41) is 0. The topological polar surface area (TPSA) is 55.8 Å². The second kappa shape index (κ2) is 8.47. The van der Waals surface area contributed by atoms with Gasteiger partial charge in [-0.15, -0.1) is 0 Å². The van der Waals surface area contributed by atoms with Gasteiger partial charge in [0.05, 0.1) is 30.4 Å². The summed E-state index contributed by atoms with van der Waals surface area (Å²) in [6.07, 6.45) is 0. The second-order valence-electron chi connectivity index (χ2n) is 6.44. The number of hydrogen-bond donors (Lipinski definition) is 0. The highest BCUT2D eigenvalue weighted by Gasteiger charge is 2.42. The largest absolute Gasteiger partial charge is 0.496 e. The number of nitrogens with zero attached hydrogens (tertiary/aromatic N) is 1. The van der Waals surface area contributed by atoms with Gasteiger partial charge in [-0.3, -0.25) is 9.59 Å². The van der Waals surface area contributed by atoms with Gasteiger partial charge in [-0.05, 0) is 30.3 Å². The van der Waals surface area contributed by atoms with Crippen molar-refractivity contribution in [1.29, 1.82) is 0 Å². The van der Waals surface area contributed by atoms with Crippen molar-refractivity contribution >= 4 is 34.8 Å². The van der Waals surface area contributed by atoms with Crippen LogP contribution in [0.3, 0.4) is 0 Å². The standard InChI is InChI=1S/C24H19NO4S/c1-28-19-14-8-6-12-17(19)21-22(30-16-10-4-3-5-11-16)24(27)25(23(21)26)18-13-7-9-15-20(18)29-2/h3-15H,1-2H3. The van der Waals surface area contributed by atoms with E-state index in [1.54, 1.807) is 43.5 Å². The zero-order chi connectivity index (χ0) is 21.1. The Kier molecular flexibility index (Phi) is 5.59. The van der Waals surface area contributed by atoms with Crippen LogP contribution < -0.4 is 14.4 Å². The molecule has 150 valence electrons. The third kappa shape index (κ3) is 3.46. The normalized spacial score (nSPS) is 13.7. The molecule has 0 atom stereocenters. The van der Waals surface area contributed by atoms with Gasteiger partial charge >= 0.3 is 0 Å². The molecule has 1 heterocycles. The third-order valence-electron chi connectivity index (χ3n) is 4.71. The molecular weight excluding hydrogens is 398 g/mol. The van der Waals surface area contributed by atoms with Crippen LogP contribution in [0, 0.1) is 0 Å². The third-order valence-corrected chi connectivity index (χ3v) is 5.80. The van der Waals surface area contributed by atoms with Gasteiger partial charge in [-0.2, -0.15) is 0 Å². The van der Waals surface area contributed by atoms with Crippen molar-refractivity contribution in [3.63, 3.8) is 0 Å². The zero-order valence-electron chi connectivity index (χ0n) is 16.5. The molecule has 4 rings (SSSR count). The molecule has 1 aliphatic heterocycles. The van der Waals surface area contributed by atoms with Gasteiger partial charge < -0.3 is 9.47 Å². The Morgan fingerprint density at radius 2 is 1.30 bits per heavy atom. The van der Waals surface area contributed by atoms with E-state index >= 15 is 0 Å². The van der Waals surface area contributed by atoms with Crippen molar-refractivity contribution in [3.05, 3.63) is 89.3 Å². The fourth-order valence-electron chi connectivity index (χ4n) is 3.33. The van der Waals surface area contributed by atoms with Crippen LogP contribution in [0.2, 0.25) is 0 Å². The number of para-hydroxylation sites is 3. The Bertz CT molecular complexity index is 1140. The van der Waals surface area contributed by atoms with Crippen molar-refractivity contribution in [2.45, 2.75) is 4.90 Å². The maximum atomic E-state index is 13.6. The molecule has 3 aromatic rings. The zero-order valence-corrected chi connectivity index (χ0v) is 17.3. The SMILES string of the molecule is COc1ccccc1C1=C(Sc2ccccc2)C(=O)N(c2ccccc2OC)C1=O. The van der Waals surface area contributed by atoms with E-state index in [1.807, 2.05) is 42.5 Å². The first-order valence-corrected chi connectivity index (χ1v) is 10.1. The molecule has 0 aliphatic carbocycles. The van der Waals surface area contributed by atoms with E-state index in [2.05, 4.69) is 0 Å². The van der Waals surface area contributed by atoms with E-state index in [0.717, 1.165) is 4.90 Å². The van der Waals surface area contributed by atoms with E-state index < -0.39 is 5.91 Å². The lowest BCUT2D eigenvalue weighted by atomic mass is 10.0. The molecule has 5 nitrogen and oxygen atoms in total. The molecule has 0 spiro atoms. The molecule has 3 aromatic carbocycles. The number of methoxy groups -OCH3 is 2. The lowest BCUT2D eigenvalue weighted by Crippen LogP contribution is -2.31. The predicted molar refractivity (Wildman–Crippen MR) is 118 cm³/mol. The Hall–Kier alpha value is -3.51. The maximum Gasteiger partial charge on any atom is 0.273 e. The molecule has 0 aromatic heterocycles. The monoisotopic (exact) mass is 417 g/mol. The van der Waals surface area contributed by atoms with Gasteiger partial charge in [-0.1, -0.05) is 60.3 Å². The first-order valence-electron chi connectivity index (χ1n) is 9.28. The number of carbonyl (C=O) groups is 2. The Balaban J connectivity index is 1.88. The first-order chi connectivity index (χ1) is 14.7. The van der Waals surface area contributed by atoms with Crippen molar-refractivity contribution in [2.24, 2.45) is 0 Å². The smallest absolute Gasteiger partial charge is 0.273 e. The van der Waals surface area contributed by atoms with Gasteiger partial charge in [-0.25, -0.2) is 4.90 Å².